The maximum Gasteiger partial charge on any atom is 0.202 e. The lowest BCUT2D eigenvalue weighted by molar-refractivity contribution is 1.29. The summed E-state index contributed by atoms with van der Waals surface area (Å²) in [5.41, 5.74) is 2.24. The molecular weight excluding hydrogens is 274 g/mol. The Morgan fingerprint density at radius 3 is 2.80 bits per heavy atom. The van der Waals surface area contributed by atoms with Crippen LogP contribution >= 0.6 is 27.5 Å². The van der Waals surface area contributed by atoms with Gasteiger partial charge in [0.15, 0.2) is 5.82 Å². The molecule has 0 radical (unpaired) electrons. The van der Waals surface area contributed by atoms with Crippen molar-refractivity contribution in [3.63, 3.8) is 0 Å². The van der Waals surface area contributed by atoms with Crippen molar-refractivity contribution >= 4 is 32.6 Å². The summed E-state index contributed by atoms with van der Waals surface area (Å²) in [6, 6.07) is 6.15. The summed E-state index contributed by atoms with van der Waals surface area (Å²) >= 11 is 4.88. The molecule has 78 valence electrons. The van der Waals surface area contributed by atoms with Gasteiger partial charge in [-0.15, -0.1) is 0 Å². The van der Waals surface area contributed by atoms with E-state index in [4.69, 9.17) is 0 Å². The van der Waals surface area contributed by atoms with Crippen LogP contribution in [0.1, 0.15) is 5.56 Å². The van der Waals surface area contributed by atoms with Gasteiger partial charge in [0.1, 0.15) is 0 Å². The smallest absolute Gasteiger partial charge is 0.202 e. The molecule has 0 bridgehead atoms. The van der Waals surface area contributed by atoms with E-state index < -0.39 is 0 Å². The molecule has 0 fully saturated rings. The number of nitrogens with one attached hydrogen (secondary N) is 1. The first kappa shape index (κ1) is 10.6. The van der Waals surface area contributed by atoms with E-state index in [-0.39, 0.29) is 0 Å². The maximum atomic E-state index is 4.36. The molecule has 1 aromatic heterocycles. The van der Waals surface area contributed by atoms with E-state index in [1.54, 1.807) is 0 Å². The van der Waals surface area contributed by atoms with Crippen LogP contribution in [0.15, 0.2) is 22.7 Å². The van der Waals surface area contributed by atoms with Gasteiger partial charge < -0.3 is 5.32 Å². The summed E-state index contributed by atoms with van der Waals surface area (Å²) in [4.78, 5) is 4.36. The summed E-state index contributed by atoms with van der Waals surface area (Å²) < 4.78 is 5.32. The number of halogens is 1. The van der Waals surface area contributed by atoms with E-state index in [0.29, 0.717) is 0 Å². The third-order valence-electron chi connectivity index (χ3n) is 2.01. The molecule has 0 aliphatic heterocycles. The molecule has 0 aliphatic rings. The summed E-state index contributed by atoms with van der Waals surface area (Å²) in [5, 5.41) is 3.81. The second kappa shape index (κ2) is 4.28. The van der Waals surface area contributed by atoms with Crippen LogP contribution in [-0.2, 0) is 0 Å². The second-order valence-corrected chi connectivity index (χ2v) is 4.76. The van der Waals surface area contributed by atoms with Crippen LogP contribution in [0.5, 0.6) is 0 Å². The van der Waals surface area contributed by atoms with Crippen LogP contribution in [0.4, 0.5) is 5.13 Å². The van der Waals surface area contributed by atoms with Crippen molar-refractivity contribution in [2.75, 3.05) is 12.4 Å². The summed E-state index contributed by atoms with van der Waals surface area (Å²) in [6.07, 6.45) is 0. The Balaban J connectivity index is 2.44. The number of aryl methyl sites for hydroxylation is 1. The topological polar surface area (TPSA) is 37.8 Å². The zero-order valence-corrected chi connectivity index (χ0v) is 10.8. The van der Waals surface area contributed by atoms with E-state index in [1.807, 2.05) is 13.1 Å². The lowest BCUT2D eigenvalue weighted by atomic mass is 10.1. The highest BCUT2D eigenvalue weighted by Gasteiger charge is 2.08. The quantitative estimate of drug-likeness (QED) is 0.919. The van der Waals surface area contributed by atoms with Crippen LogP contribution in [0.3, 0.4) is 0 Å². The SMILES string of the molecule is CNc1nc(-c2ccc(C)cc2Br)ns1. The molecule has 2 aromatic rings. The fourth-order valence-corrected chi connectivity index (χ4v) is 2.44. The fraction of sp³-hybridized carbons (Fsp3) is 0.200. The molecule has 1 aromatic carbocycles. The van der Waals surface area contributed by atoms with Gasteiger partial charge in [0, 0.05) is 28.6 Å². The number of hydrogen-bond acceptors (Lipinski definition) is 4. The minimum atomic E-state index is 0.760. The zero-order valence-electron chi connectivity index (χ0n) is 8.41. The molecule has 15 heavy (non-hydrogen) atoms. The first-order chi connectivity index (χ1) is 7.20. The zero-order chi connectivity index (χ0) is 10.8. The van der Waals surface area contributed by atoms with Gasteiger partial charge in [-0.2, -0.15) is 9.36 Å². The van der Waals surface area contributed by atoms with Crippen LogP contribution in [0, 0.1) is 6.92 Å². The molecule has 0 saturated carbocycles. The number of anilines is 1. The Morgan fingerprint density at radius 2 is 2.20 bits per heavy atom. The molecule has 3 nitrogen and oxygen atoms in total. The van der Waals surface area contributed by atoms with Gasteiger partial charge in [-0.3, -0.25) is 0 Å². The van der Waals surface area contributed by atoms with Crippen LogP contribution < -0.4 is 5.32 Å². The molecule has 2 rings (SSSR count). The van der Waals surface area contributed by atoms with Crippen LogP contribution in [-0.4, -0.2) is 16.4 Å². The first-order valence-corrected chi connectivity index (χ1v) is 6.05. The fourth-order valence-electron chi connectivity index (χ4n) is 1.24. The average Bonchev–Trinajstić information content (AvgIpc) is 2.66. The number of aromatic nitrogens is 2. The Morgan fingerprint density at radius 1 is 1.40 bits per heavy atom. The number of rotatable bonds is 2. The first-order valence-electron chi connectivity index (χ1n) is 4.48. The number of hydrogen-bond donors (Lipinski definition) is 1. The van der Waals surface area contributed by atoms with Crippen LogP contribution in [0.25, 0.3) is 11.4 Å². The average molecular weight is 284 g/mol. The van der Waals surface area contributed by atoms with Crippen molar-refractivity contribution in [3.05, 3.63) is 28.2 Å². The number of benzene rings is 1. The van der Waals surface area contributed by atoms with Gasteiger partial charge in [0.05, 0.1) is 0 Å². The van der Waals surface area contributed by atoms with Gasteiger partial charge in [-0.1, -0.05) is 22.0 Å². The van der Waals surface area contributed by atoms with Gasteiger partial charge in [0.2, 0.25) is 5.13 Å². The van der Waals surface area contributed by atoms with Crippen molar-refractivity contribution in [2.24, 2.45) is 0 Å². The molecule has 0 aliphatic carbocycles. The minimum absolute atomic E-state index is 0.760. The molecule has 1 N–H and O–H groups in total. The van der Waals surface area contributed by atoms with Gasteiger partial charge >= 0.3 is 0 Å². The Labute approximate surface area is 101 Å². The van der Waals surface area contributed by atoms with E-state index in [0.717, 1.165) is 21.0 Å². The normalized spacial score (nSPS) is 10.3. The molecular formula is C10H10BrN3S. The predicted molar refractivity (Wildman–Crippen MR) is 67.3 cm³/mol. The lowest BCUT2D eigenvalue weighted by Gasteiger charge is -2.00. The summed E-state index contributed by atoms with van der Waals surface area (Å²) in [6.45, 7) is 2.06. The van der Waals surface area contributed by atoms with E-state index in [9.17, 15) is 0 Å². The van der Waals surface area contributed by atoms with Gasteiger partial charge in [0.25, 0.3) is 0 Å². The molecule has 0 unspecified atom stereocenters. The molecule has 0 atom stereocenters. The van der Waals surface area contributed by atoms with E-state index >= 15 is 0 Å². The third kappa shape index (κ3) is 2.18. The highest BCUT2D eigenvalue weighted by molar-refractivity contribution is 9.10. The predicted octanol–water partition coefficient (Wildman–Crippen LogP) is 3.32. The summed E-state index contributed by atoms with van der Waals surface area (Å²) in [5.74, 6) is 0.760. The van der Waals surface area contributed by atoms with Crippen molar-refractivity contribution in [3.8, 4) is 11.4 Å². The molecule has 0 spiro atoms. The minimum Gasteiger partial charge on any atom is -0.363 e. The molecule has 1 heterocycles. The standard InChI is InChI=1S/C10H10BrN3S/c1-6-3-4-7(8(11)5-6)9-13-10(12-2)15-14-9/h3-5H,1-2H3,(H,12,13,14). The monoisotopic (exact) mass is 283 g/mol. The summed E-state index contributed by atoms with van der Waals surface area (Å²) in [7, 11) is 1.84. The van der Waals surface area contributed by atoms with Crippen molar-refractivity contribution in [1.29, 1.82) is 0 Å². The molecule has 0 saturated heterocycles. The third-order valence-corrected chi connectivity index (χ3v) is 3.39. The van der Waals surface area contributed by atoms with Gasteiger partial charge in [-0.05, 0) is 24.6 Å². The second-order valence-electron chi connectivity index (χ2n) is 3.16. The molecule has 5 heteroatoms. The van der Waals surface area contributed by atoms with Crippen molar-refractivity contribution < 1.29 is 0 Å². The van der Waals surface area contributed by atoms with Crippen LogP contribution in [0.2, 0.25) is 0 Å². The highest BCUT2D eigenvalue weighted by Crippen LogP contribution is 2.28. The Bertz CT molecular complexity index is 481. The van der Waals surface area contributed by atoms with E-state index in [1.165, 1.54) is 17.1 Å². The Kier molecular flexibility index (Phi) is 3.02. The molecule has 0 amide bonds. The van der Waals surface area contributed by atoms with E-state index in [2.05, 4.69) is 49.7 Å². The van der Waals surface area contributed by atoms with Crippen molar-refractivity contribution in [1.82, 2.24) is 9.36 Å². The number of nitrogens with zero attached hydrogens (tertiary/aromatic N) is 2. The van der Waals surface area contributed by atoms with Gasteiger partial charge in [-0.25, -0.2) is 0 Å². The Hall–Kier alpha value is -0.940. The maximum absolute atomic E-state index is 4.36. The lowest BCUT2D eigenvalue weighted by Crippen LogP contribution is -1.87. The largest absolute Gasteiger partial charge is 0.363 e. The van der Waals surface area contributed by atoms with Crippen molar-refractivity contribution in [2.45, 2.75) is 6.92 Å². The highest BCUT2D eigenvalue weighted by atomic mass is 79.9.